The molecule has 132 valence electrons. The molecule has 0 spiro atoms. The van der Waals surface area contributed by atoms with Gasteiger partial charge in [0.15, 0.2) is 0 Å². The molecule has 0 aliphatic rings. The Morgan fingerprint density at radius 3 is 2.62 bits per heavy atom. The van der Waals surface area contributed by atoms with Crippen LogP contribution in [0.25, 0.3) is 0 Å². The van der Waals surface area contributed by atoms with Gasteiger partial charge in [-0.3, -0.25) is 4.79 Å². The van der Waals surface area contributed by atoms with E-state index in [4.69, 9.17) is 16.3 Å². The van der Waals surface area contributed by atoms with Gasteiger partial charge in [-0.15, -0.1) is 0 Å². The van der Waals surface area contributed by atoms with E-state index in [2.05, 4.69) is 15.6 Å². The molecule has 0 saturated carbocycles. The quantitative estimate of drug-likeness (QED) is 0.671. The Morgan fingerprint density at radius 2 is 1.92 bits per heavy atom. The molecule has 3 aromatic rings. The van der Waals surface area contributed by atoms with Gasteiger partial charge in [-0.2, -0.15) is 0 Å². The van der Waals surface area contributed by atoms with E-state index in [1.54, 1.807) is 49.6 Å². The molecule has 0 saturated heterocycles. The number of carbonyl (C=O) groups is 1. The average molecular weight is 372 g/mol. The van der Waals surface area contributed by atoms with Crippen LogP contribution in [-0.2, 0) is 0 Å². The molecule has 0 aliphatic heterocycles. The molecule has 5 nitrogen and oxygen atoms in total. The summed E-state index contributed by atoms with van der Waals surface area (Å²) in [7, 11) is 1.54. The molecule has 0 atom stereocenters. The smallest absolute Gasteiger partial charge is 0.255 e. The maximum absolute atomic E-state index is 13.2. The Morgan fingerprint density at radius 1 is 1.12 bits per heavy atom. The van der Waals surface area contributed by atoms with Crippen molar-refractivity contribution in [3.05, 3.63) is 77.2 Å². The first kappa shape index (κ1) is 17.7. The summed E-state index contributed by atoms with van der Waals surface area (Å²) in [5.41, 5.74) is 1.63. The molecule has 2 aromatic carbocycles. The Labute approximate surface area is 154 Å². The third kappa shape index (κ3) is 4.29. The van der Waals surface area contributed by atoms with Crippen molar-refractivity contribution in [2.45, 2.75) is 0 Å². The van der Waals surface area contributed by atoms with Crippen LogP contribution in [0.1, 0.15) is 10.4 Å². The van der Waals surface area contributed by atoms with E-state index in [9.17, 15) is 9.18 Å². The molecule has 0 bridgehead atoms. The zero-order chi connectivity index (χ0) is 18.5. The predicted molar refractivity (Wildman–Crippen MR) is 99.9 cm³/mol. The number of ether oxygens (including phenoxy) is 1. The Bertz CT molecular complexity index is 932. The molecular formula is C19H15ClFN3O2. The fourth-order valence-corrected chi connectivity index (χ4v) is 2.41. The third-order valence-corrected chi connectivity index (χ3v) is 3.83. The van der Waals surface area contributed by atoms with Gasteiger partial charge in [0.05, 0.1) is 24.0 Å². The second-order valence-electron chi connectivity index (χ2n) is 5.37. The van der Waals surface area contributed by atoms with Crippen molar-refractivity contribution >= 4 is 34.7 Å². The highest BCUT2D eigenvalue weighted by atomic mass is 35.5. The average Bonchev–Trinajstić information content (AvgIpc) is 2.66. The van der Waals surface area contributed by atoms with Gasteiger partial charge in [0.1, 0.15) is 17.4 Å². The van der Waals surface area contributed by atoms with Crippen LogP contribution in [0.2, 0.25) is 5.02 Å². The zero-order valence-electron chi connectivity index (χ0n) is 13.8. The number of benzene rings is 2. The summed E-state index contributed by atoms with van der Waals surface area (Å²) < 4.78 is 18.3. The van der Waals surface area contributed by atoms with E-state index in [0.717, 1.165) is 0 Å². The second-order valence-corrected chi connectivity index (χ2v) is 5.78. The number of nitrogens with one attached hydrogen (secondary N) is 2. The number of nitrogens with zero attached hydrogens (tertiary/aromatic N) is 1. The summed E-state index contributed by atoms with van der Waals surface area (Å²) in [5, 5.41) is 5.79. The van der Waals surface area contributed by atoms with Gasteiger partial charge < -0.3 is 15.4 Å². The Balaban J connectivity index is 1.67. The number of hydrogen-bond acceptors (Lipinski definition) is 4. The molecule has 2 N–H and O–H groups in total. The summed E-state index contributed by atoms with van der Waals surface area (Å²) >= 11 is 5.75. The topological polar surface area (TPSA) is 63.2 Å². The normalized spacial score (nSPS) is 10.3. The van der Waals surface area contributed by atoms with Crippen molar-refractivity contribution in [2.75, 3.05) is 17.7 Å². The number of amides is 1. The van der Waals surface area contributed by atoms with Crippen LogP contribution in [0.3, 0.4) is 0 Å². The molecule has 1 heterocycles. The third-order valence-electron chi connectivity index (χ3n) is 3.55. The van der Waals surface area contributed by atoms with E-state index < -0.39 is 5.82 Å². The maximum atomic E-state index is 13.2. The minimum Gasteiger partial charge on any atom is -0.497 e. The second kappa shape index (κ2) is 7.84. The maximum Gasteiger partial charge on any atom is 0.255 e. The van der Waals surface area contributed by atoms with Crippen LogP contribution in [0, 0.1) is 5.82 Å². The molecular weight excluding hydrogens is 357 g/mol. The minimum atomic E-state index is -0.485. The summed E-state index contributed by atoms with van der Waals surface area (Å²) in [6.45, 7) is 0. The van der Waals surface area contributed by atoms with Crippen LogP contribution in [0.4, 0.5) is 21.6 Å². The van der Waals surface area contributed by atoms with Crippen molar-refractivity contribution in [2.24, 2.45) is 0 Å². The fourth-order valence-electron chi connectivity index (χ4n) is 2.23. The van der Waals surface area contributed by atoms with E-state index in [-0.39, 0.29) is 10.9 Å². The van der Waals surface area contributed by atoms with Gasteiger partial charge in [-0.25, -0.2) is 9.37 Å². The largest absolute Gasteiger partial charge is 0.497 e. The fraction of sp³-hybridized carbons (Fsp3) is 0.0526. The molecule has 0 unspecified atom stereocenters. The van der Waals surface area contributed by atoms with Crippen molar-refractivity contribution in [1.82, 2.24) is 4.98 Å². The summed E-state index contributed by atoms with van der Waals surface area (Å²) in [6, 6.07) is 14.5. The lowest BCUT2D eigenvalue weighted by atomic mass is 10.2. The highest BCUT2D eigenvalue weighted by molar-refractivity contribution is 6.31. The predicted octanol–water partition coefficient (Wildman–Crippen LogP) is 4.88. The van der Waals surface area contributed by atoms with Crippen molar-refractivity contribution < 1.29 is 13.9 Å². The van der Waals surface area contributed by atoms with Gasteiger partial charge in [0.2, 0.25) is 0 Å². The van der Waals surface area contributed by atoms with Crippen molar-refractivity contribution in [3.63, 3.8) is 0 Å². The lowest BCUT2D eigenvalue weighted by Gasteiger charge is -2.09. The summed E-state index contributed by atoms with van der Waals surface area (Å²) in [4.78, 5) is 16.5. The first-order chi connectivity index (χ1) is 12.5. The Kier molecular flexibility index (Phi) is 5.34. The van der Waals surface area contributed by atoms with Crippen LogP contribution in [0.15, 0.2) is 60.8 Å². The number of halogens is 2. The van der Waals surface area contributed by atoms with Crippen LogP contribution in [-0.4, -0.2) is 18.0 Å². The van der Waals surface area contributed by atoms with Crippen LogP contribution >= 0.6 is 11.6 Å². The summed E-state index contributed by atoms with van der Waals surface area (Å²) in [5.74, 6) is 0.387. The molecule has 0 aliphatic carbocycles. The van der Waals surface area contributed by atoms with Gasteiger partial charge in [-0.05, 0) is 48.5 Å². The lowest BCUT2D eigenvalue weighted by Crippen LogP contribution is -2.12. The molecule has 0 fully saturated rings. The van der Waals surface area contributed by atoms with Gasteiger partial charge in [-0.1, -0.05) is 17.7 Å². The Hall–Kier alpha value is -3.12. The monoisotopic (exact) mass is 371 g/mol. The first-order valence-electron chi connectivity index (χ1n) is 7.69. The highest BCUT2D eigenvalue weighted by Gasteiger charge is 2.08. The first-order valence-corrected chi connectivity index (χ1v) is 8.06. The number of hydrogen-bond donors (Lipinski definition) is 2. The van der Waals surface area contributed by atoms with Crippen LogP contribution in [0.5, 0.6) is 5.75 Å². The number of rotatable bonds is 5. The van der Waals surface area contributed by atoms with E-state index >= 15 is 0 Å². The van der Waals surface area contributed by atoms with E-state index in [0.29, 0.717) is 28.5 Å². The number of methoxy groups -OCH3 is 1. The number of carbonyl (C=O) groups excluding carboxylic acids is 1. The van der Waals surface area contributed by atoms with Crippen molar-refractivity contribution in [3.8, 4) is 5.75 Å². The molecule has 7 heteroatoms. The van der Waals surface area contributed by atoms with E-state index in [1.165, 1.54) is 18.3 Å². The number of anilines is 3. The lowest BCUT2D eigenvalue weighted by molar-refractivity contribution is 0.102. The van der Waals surface area contributed by atoms with Crippen LogP contribution < -0.4 is 15.4 Å². The van der Waals surface area contributed by atoms with E-state index in [1.807, 2.05) is 0 Å². The molecule has 1 amide bonds. The standard InChI is InChI=1S/C19H15ClFN3O2/c1-26-15-4-2-3-12(9-15)19(25)24-14-6-8-18(22-11-14)23-13-5-7-17(21)16(20)10-13/h2-11H,1H3,(H,22,23)(H,24,25). The zero-order valence-corrected chi connectivity index (χ0v) is 14.5. The molecule has 0 radical (unpaired) electrons. The van der Waals surface area contributed by atoms with Crippen molar-refractivity contribution in [1.29, 1.82) is 0 Å². The minimum absolute atomic E-state index is 0.0252. The van der Waals surface area contributed by atoms with Gasteiger partial charge >= 0.3 is 0 Å². The molecule has 1 aromatic heterocycles. The van der Waals surface area contributed by atoms with Gasteiger partial charge in [0, 0.05) is 11.3 Å². The SMILES string of the molecule is COc1cccc(C(=O)Nc2ccc(Nc3ccc(F)c(Cl)c3)nc2)c1. The number of pyridine rings is 1. The summed E-state index contributed by atoms with van der Waals surface area (Å²) in [6.07, 6.45) is 1.52. The molecule has 3 rings (SSSR count). The molecule has 26 heavy (non-hydrogen) atoms. The number of aromatic nitrogens is 1. The highest BCUT2D eigenvalue weighted by Crippen LogP contribution is 2.22. The van der Waals surface area contributed by atoms with Gasteiger partial charge in [0.25, 0.3) is 5.91 Å².